The zero-order valence-electron chi connectivity index (χ0n) is 16.8. The zero-order chi connectivity index (χ0) is 20.6. The van der Waals surface area contributed by atoms with Gasteiger partial charge in [0.05, 0.1) is 6.10 Å². The number of allylic oxidation sites excluding steroid dienone is 1. The molecule has 3 unspecified atom stereocenters. The SMILES string of the molecule is CC1C[C@H]2[C@@H]3CC(F)C4=CC(=O)CC[C@]4(C)[C@H]3C(O)C[C@]2(C)[C@@]1(O)C(=O)CO. The Balaban J connectivity index is 1.80. The van der Waals surface area contributed by atoms with Crippen molar-refractivity contribution in [3.05, 3.63) is 11.6 Å². The predicted molar refractivity (Wildman–Crippen MR) is 100.0 cm³/mol. The number of Topliss-reactive ketones (excluding diaryl/α,β-unsaturated/α-hetero) is 1. The lowest BCUT2D eigenvalue weighted by molar-refractivity contribution is -0.189. The predicted octanol–water partition coefficient (Wildman–Crippen LogP) is 1.98. The Morgan fingerprint density at radius 1 is 1.32 bits per heavy atom. The van der Waals surface area contributed by atoms with Gasteiger partial charge < -0.3 is 15.3 Å². The van der Waals surface area contributed by atoms with Crippen molar-refractivity contribution in [1.29, 1.82) is 0 Å². The van der Waals surface area contributed by atoms with Crippen molar-refractivity contribution in [2.45, 2.75) is 70.8 Å². The summed E-state index contributed by atoms with van der Waals surface area (Å²) in [6, 6.07) is 0. The highest BCUT2D eigenvalue weighted by atomic mass is 19.1. The number of hydrogen-bond acceptors (Lipinski definition) is 5. The van der Waals surface area contributed by atoms with Crippen molar-refractivity contribution in [3.8, 4) is 0 Å². The molecule has 4 aliphatic rings. The fourth-order valence-electron chi connectivity index (χ4n) is 7.74. The monoisotopic (exact) mass is 394 g/mol. The third kappa shape index (κ3) is 2.28. The van der Waals surface area contributed by atoms with Crippen LogP contribution < -0.4 is 0 Å². The molecule has 0 heterocycles. The Labute approximate surface area is 165 Å². The minimum Gasteiger partial charge on any atom is -0.393 e. The number of fused-ring (bicyclic) bond motifs is 5. The second-order valence-corrected chi connectivity index (χ2v) is 10.2. The molecule has 0 radical (unpaired) electrons. The molecule has 6 heteroatoms. The first-order valence-corrected chi connectivity index (χ1v) is 10.4. The maximum atomic E-state index is 15.3. The summed E-state index contributed by atoms with van der Waals surface area (Å²) in [7, 11) is 0. The molecular formula is C22H31FO5. The molecule has 9 atom stereocenters. The van der Waals surface area contributed by atoms with Gasteiger partial charge in [0.25, 0.3) is 0 Å². The van der Waals surface area contributed by atoms with Crippen LogP contribution in [-0.4, -0.2) is 51.4 Å². The molecule has 0 spiro atoms. The zero-order valence-corrected chi connectivity index (χ0v) is 16.8. The van der Waals surface area contributed by atoms with Gasteiger partial charge >= 0.3 is 0 Å². The van der Waals surface area contributed by atoms with Gasteiger partial charge in [-0.1, -0.05) is 20.8 Å². The first kappa shape index (κ1) is 20.2. The molecule has 0 saturated heterocycles. The molecule has 0 aromatic carbocycles. The number of carbonyl (C=O) groups is 2. The van der Waals surface area contributed by atoms with Gasteiger partial charge in [0.15, 0.2) is 11.6 Å². The molecular weight excluding hydrogens is 363 g/mol. The second-order valence-electron chi connectivity index (χ2n) is 10.2. The normalized spacial score (nSPS) is 53.1. The van der Waals surface area contributed by atoms with Gasteiger partial charge in [-0.15, -0.1) is 0 Å². The highest BCUT2D eigenvalue weighted by Crippen LogP contribution is 2.69. The number of aliphatic hydroxyl groups excluding tert-OH is 2. The summed E-state index contributed by atoms with van der Waals surface area (Å²) < 4.78 is 15.3. The van der Waals surface area contributed by atoms with Gasteiger partial charge in [-0.25, -0.2) is 4.39 Å². The lowest BCUT2D eigenvalue weighted by Gasteiger charge is -2.61. The standard InChI is InChI=1S/C22H31FO5/c1-11-6-14-13-8-16(23)15-7-12(25)4-5-20(15,2)19(13)17(26)9-21(14,3)22(11,28)18(27)10-24/h7,11,13-14,16-17,19,24,26,28H,4-6,8-10H2,1-3H3/t11?,13-,14-,16?,17?,19+,20-,21-,22-/m0/s1. The van der Waals surface area contributed by atoms with Crippen LogP contribution >= 0.6 is 0 Å². The molecule has 3 N–H and O–H groups in total. The minimum atomic E-state index is -1.72. The molecule has 0 bridgehead atoms. The van der Waals surface area contributed by atoms with Crippen LogP contribution in [0.15, 0.2) is 11.6 Å². The molecule has 0 aliphatic heterocycles. The number of hydrogen-bond donors (Lipinski definition) is 3. The number of alkyl halides is 1. The number of halogens is 1. The van der Waals surface area contributed by atoms with Crippen molar-refractivity contribution >= 4 is 11.6 Å². The van der Waals surface area contributed by atoms with Crippen LogP contribution in [-0.2, 0) is 9.59 Å². The van der Waals surface area contributed by atoms with E-state index in [1.807, 2.05) is 13.8 Å². The summed E-state index contributed by atoms with van der Waals surface area (Å²) in [5.74, 6) is -1.54. The van der Waals surface area contributed by atoms with Gasteiger partial charge in [0.2, 0.25) is 0 Å². The summed E-state index contributed by atoms with van der Waals surface area (Å²) >= 11 is 0. The number of aliphatic hydroxyl groups is 3. The quantitative estimate of drug-likeness (QED) is 0.666. The van der Waals surface area contributed by atoms with E-state index < -0.39 is 41.1 Å². The number of ketones is 2. The highest BCUT2D eigenvalue weighted by Gasteiger charge is 2.71. The van der Waals surface area contributed by atoms with Crippen LogP contribution in [0.2, 0.25) is 0 Å². The van der Waals surface area contributed by atoms with Crippen molar-refractivity contribution in [1.82, 2.24) is 0 Å². The molecule has 4 aliphatic carbocycles. The lowest BCUT2D eigenvalue weighted by Crippen LogP contribution is -2.63. The van der Waals surface area contributed by atoms with Gasteiger partial charge in [-0.2, -0.15) is 0 Å². The smallest absolute Gasteiger partial charge is 0.190 e. The van der Waals surface area contributed by atoms with E-state index in [1.165, 1.54) is 6.08 Å². The summed E-state index contributed by atoms with van der Waals surface area (Å²) in [5, 5.41) is 32.1. The molecule has 0 amide bonds. The van der Waals surface area contributed by atoms with E-state index in [0.717, 1.165) is 0 Å². The van der Waals surface area contributed by atoms with E-state index in [9.17, 15) is 24.9 Å². The molecule has 3 saturated carbocycles. The average Bonchev–Trinajstić information content (AvgIpc) is 2.83. The van der Waals surface area contributed by atoms with Gasteiger partial charge in [0.1, 0.15) is 18.4 Å². The average molecular weight is 394 g/mol. The Bertz CT molecular complexity index is 749. The fourth-order valence-corrected chi connectivity index (χ4v) is 7.74. The third-order valence-corrected chi connectivity index (χ3v) is 9.02. The molecule has 0 aromatic heterocycles. The van der Waals surface area contributed by atoms with E-state index in [0.29, 0.717) is 24.8 Å². The van der Waals surface area contributed by atoms with Crippen molar-refractivity contribution in [2.24, 2.45) is 34.5 Å². The van der Waals surface area contributed by atoms with Crippen LogP contribution in [0.1, 0.15) is 52.9 Å². The van der Waals surface area contributed by atoms with Crippen molar-refractivity contribution in [3.63, 3.8) is 0 Å². The maximum Gasteiger partial charge on any atom is 0.190 e. The Hall–Kier alpha value is -1.11. The van der Waals surface area contributed by atoms with Gasteiger partial charge in [-0.3, -0.25) is 9.59 Å². The topological polar surface area (TPSA) is 94.8 Å². The largest absolute Gasteiger partial charge is 0.393 e. The summed E-state index contributed by atoms with van der Waals surface area (Å²) in [4.78, 5) is 24.5. The van der Waals surface area contributed by atoms with Crippen LogP contribution in [0, 0.1) is 34.5 Å². The summed E-state index contributed by atoms with van der Waals surface area (Å²) in [5.41, 5.74) is -2.69. The second kappa shape index (κ2) is 6.19. The Morgan fingerprint density at radius 3 is 2.64 bits per heavy atom. The fraction of sp³-hybridized carbons (Fsp3) is 0.818. The van der Waals surface area contributed by atoms with Crippen molar-refractivity contribution in [2.75, 3.05) is 6.61 Å². The van der Waals surface area contributed by atoms with Gasteiger partial charge in [-0.05, 0) is 66.4 Å². The van der Waals surface area contributed by atoms with Crippen LogP contribution in [0.5, 0.6) is 0 Å². The molecule has 4 rings (SSSR count). The Kier molecular flexibility index (Phi) is 4.46. The van der Waals surface area contributed by atoms with Crippen LogP contribution in [0.25, 0.3) is 0 Å². The first-order chi connectivity index (χ1) is 13.0. The number of carbonyl (C=O) groups excluding carboxylic acids is 2. The summed E-state index contributed by atoms with van der Waals surface area (Å²) in [6.07, 6.45) is 1.28. The summed E-state index contributed by atoms with van der Waals surface area (Å²) in [6.45, 7) is 4.84. The highest BCUT2D eigenvalue weighted by molar-refractivity contribution is 5.92. The Morgan fingerprint density at radius 2 is 2.00 bits per heavy atom. The van der Waals surface area contributed by atoms with E-state index in [4.69, 9.17) is 0 Å². The third-order valence-electron chi connectivity index (χ3n) is 9.02. The van der Waals surface area contributed by atoms with Crippen LogP contribution in [0.4, 0.5) is 4.39 Å². The number of rotatable bonds is 2. The van der Waals surface area contributed by atoms with E-state index in [-0.39, 0.29) is 42.3 Å². The minimum absolute atomic E-state index is 0.0545. The van der Waals surface area contributed by atoms with Crippen LogP contribution in [0.3, 0.4) is 0 Å². The molecule has 3 fully saturated rings. The van der Waals surface area contributed by atoms with E-state index in [1.54, 1.807) is 6.92 Å². The lowest BCUT2D eigenvalue weighted by atomic mass is 9.45. The molecule has 28 heavy (non-hydrogen) atoms. The van der Waals surface area contributed by atoms with Crippen molar-refractivity contribution < 1.29 is 29.3 Å². The first-order valence-electron chi connectivity index (χ1n) is 10.4. The maximum absolute atomic E-state index is 15.3. The van der Waals surface area contributed by atoms with E-state index in [2.05, 4.69) is 0 Å². The molecule has 156 valence electrons. The molecule has 5 nitrogen and oxygen atoms in total. The van der Waals surface area contributed by atoms with Gasteiger partial charge in [0, 0.05) is 11.8 Å². The van der Waals surface area contributed by atoms with E-state index >= 15 is 4.39 Å². The molecule has 0 aromatic rings.